The van der Waals surface area contributed by atoms with Crippen LogP contribution in [0, 0.1) is 0 Å². The maximum atomic E-state index is 6.74. The van der Waals surface area contributed by atoms with Crippen LogP contribution in [0.25, 0.3) is 22.5 Å². The lowest BCUT2D eigenvalue weighted by Gasteiger charge is -2.08. The fourth-order valence-corrected chi connectivity index (χ4v) is 3.73. The number of hydrogen-bond donors (Lipinski definition) is 0. The van der Waals surface area contributed by atoms with Gasteiger partial charge in [-0.1, -0.05) is 40.9 Å². The Balaban J connectivity index is 1.86. The zero-order chi connectivity index (χ0) is 19.1. The summed E-state index contributed by atoms with van der Waals surface area (Å²) < 4.78 is 5.27. The molecule has 27 heavy (non-hydrogen) atoms. The summed E-state index contributed by atoms with van der Waals surface area (Å²) in [6.07, 6.45) is 7.27. The molecule has 0 aliphatic heterocycles. The first-order chi connectivity index (χ1) is 12.9. The van der Waals surface area contributed by atoms with E-state index in [1.807, 2.05) is 37.2 Å². The van der Waals surface area contributed by atoms with E-state index in [-0.39, 0.29) is 0 Å². The van der Waals surface area contributed by atoms with E-state index in [4.69, 9.17) is 39.9 Å². The zero-order valence-electron chi connectivity index (χ0n) is 14.6. The molecule has 6 nitrogen and oxygen atoms in total. The summed E-state index contributed by atoms with van der Waals surface area (Å²) in [6, 6.07) is 5.41. The van der Waals surface area contributed by atoms with Gasteiger partial charge in [-0.15, -0.1) is 0 Å². The Morgan fingerprint density at radius 3 is 2.19 bits per heavy atom. The molecule has 9 heteroatoms. The molecule has 0 bridgehead atoms. The van der Waals surface area contributed by atoms with E-state index in [9.17, 15) is 0 Å². The molecule has 0 amide bonds. The Morgan fingerprint density at radius 1 is 0.926 bits per heavy atom. The van der Waals surface area contributed by atoms with Crippen LogP contribution in [-0.4, -0.2) is 29.3 Å². The lowest BCUT2D eigenvalue weighted by atomic mass is 10.2. The van der Waals surface area contributed by atoms with Crippen LogP contribution in [0.3, 0.4) is 0 Å². The Hall–Kier alpha value is -2.28. The first kappa shape index (κ1) is 18.1. The summed E-state index contributed by atoms with van der Waals surface area (Å²) in [5, 5.41) is 14.9. The second-order valence-electron chi connectivity index (χ2n) is 6.21. The minimum atomic E-state index is 0.445. The fourth-order valence-electron chi connectivity index (χ4n) is 2.91. The van der Waals surface area contributed by atoms with Crippen molar-refractivity contribution in [3.63, 3.8) is 0 Å². The van der Waals surface area contributed by atoms with Crippen LogP contribution < -0.4 is 0 Å². The van der Waals surface area contributed by atoms with Gasteiger partial charge in [-0.05, 0) is 17.7 Å². The van der Waals surface area contributed by atoms with Crippen LogP contribution in [0.2, 0.25) is 15.1 Å². The molecule has 0 atom stereocenters. The lowest BCUT2D eigenvalue weighted by molar-refractivity contribution is 0.697. The zero-order valence-corrected chi connectivity index (χ0v) is 16.8. The van der Waals surface area contributed by atoms with Gasteiger partial charge in [0, 0.05) is 47.7 Å². The third kappa shape index (κ3) is 3.48. The number of aromatic nitrogens is 6. The lowest BCUT2D eigenvalue weighted by Crippen LogP contribution is -2.04. The quantitative estimate of drug-likeness (QED) is 0.480. The Kier molecular flexibility index (Phi) is 4.72. The summed E-state index contributed by atoms with van der Waals surface area (Å²) in [5.41, 5.74) is 4.04. The van der Waals surface area contributed by atoms with Gasteiger partial charge in [-0.2, -0.15) is 15.3 Å². The SMILES string of the molecule is Cn1cc(-c2nn(Cc3ccc(Cl)cc3Cl)c(-c3cnn(C)c3)c2Cl)cn1. The molecule has 3 heterocycles. The van der Waals surface area contributed by atoms with E-state index in [0.29, 0.717) is 27.3 Å². The van der Waals surface area contributed by atoms with Gasteiger partial charge in [0.1, 0.15) is 5.69 Å². The van der Waals surface area contributed by atoms with Gasteiger partial charge in [0.05, 0.1) is 29.7 Å². The number of rotatable bonds is 4. The largest absolute Gasteiger partial charge is 0.275 e. The van der Waals surface area contributed by atoms with E-state index in [1.165, 1.54) is 0 Å². The van der Waals surface area contributed by atoms with E-state index < -0.39 is 0 Å². The van der Waals surface area contributed by atoms with Gasteiger partial charge in [0.2, 0.25) is 0 Å². The maximum Gasteiger partial charge on any atom is 0.115 e. The van der Waals surface area contributed by atoms with Crippen molar-refractivity contribution in [1.29, 1.82) is 0 Å². The summed E-state index contributed by atoms with van der Waals surface area (Å²) >= 11 is 19.1. The van der Waals surface area contributed by atoms with Gasteiger partial charge in [-0.3, -0.25) is 14.0 Å². The molecular formula is C18H15Cl3N6. The van der Waals surface area contributed by atoms with Gasteiger partial charge < -0.3 is 0 Å². The Labute approximate surface area is 170 Å². The van der Waals surface area contributed by atoms with Crippen molar-refractivity contribution in [2.75, 3.05) is 0 Å². The molecule has 0 N–H and O–H groups in total. The van der Waals surface area contributed by atoms with Gasteiger partial charge in [0.15, 0.2) is 0 Å². The highest BCUT2D eigenvalue weighted by Gasteiger charge is 2.21. The molecule has 4 aromatic rings. The average molecular weight is 422 g/mol. The summed E-state index contributed by atoms with van der Waals surface area (Å²) in [4.78, 5) is 0. The van der Waals surface area contributed by atoms with Crippen LogP contribution in [0.5, 0.6) is 0 Å². The van der Waals surface area contributed by atoms with Crippen molar-refractivity contribution in [3.8, 4) is 22.5 Å². The van der Waals surface area contributed by atoms with Crippen molar-refractivity contribution >= 4 is 34.8 Å². The average Bonchev–Trinajstić information content (AvgIpc) is 3.30. The Morgan fingerprint density at radius 2 is 1.59 bits per heavy atom. The van der Waals surface area contributed by atoms with Crippen LogP contribution in [0.15, 0.2) is 43.0 Å². The molecule has 0 spiro atoms. The standard InChI is InChI=1S/C18H15Cl3N6/c1-25-8-12(6-22-25)17-16(21)18(13-7-23-26(2)9-13)27(24-17)10-11-3-4-14(19)5-15(11)20/h3-9H,10H2,1-2H3. The van der Waals surface area contributed by atoms with Crippen LogP contribution >= 0.6 is 34.8 Å². The first-order valence-corrected chi connectivity index (χ1v) is 9.24. The molecule has 0 aliphatic carbocycles. The second-order valence-corrected chi connectivity index (χ2v) is 7.43. The minimum Gasteiger partial charge on any atom is -0.275 e. The fraction of sp³-hybridized carbons (Fsp3) is 0.167. The predicted octanol–water partition coefficient (Wildman–Crippen LogP) is 4.69. The molecule has 1 aromatic carbocycles. The van der Waals surface area contributed by atoms with Gasteiger partial charge in [0.25, 0.3) is 0 Å². The van der Waals surface area contributed by atoms with Crippen molar-refractivity contribution in [3.05, 3.63) is 63.6 Å². The Bertz CT molecular complexity index is 1120. The molecule has 0 radical (unpaired) electrons. The summed E-state index contributed by atoms with van der Waals surface area (Å²) in [5.74, 6) is 0. The van der Waals surface area contributed by atoms with E-state index in [0.717, 1.165) is 22.4 Å². The van der Waals surface area contributed by atoms with Crippen LogP contribution in [0.4, 0.5) is 0 Å². The number of nitrogens with zero attached hydrogens (tertiary/aromatic N) is 6. The second kappa shape index (κ2) is 7.03. The molecule has 138 valence electrons. The molecule has 4 rings (SSSR count). The molecule has 0 fully saturated rings. The van der Waals surface area contributed by atoms with Crippen LogP contribution in [-0.2, 0) is 20.6 Å². The van der Waals surface area contributed by atoms with Crippen molar-refractivity contribution in [2.24, 2.45) is 14.1 Å². The number of benzene rings is 1. The normalized spacial score (nSPS) is 11.3. The molecule has 0 saturated heterocycles. The summed E-state index contributed by atoms with van der Waals surface area (Å²) in [6.45, 7) is 0.445. The maximum absolute atomic E-state index is 6.74. The van der Waals surface area contributed by atoms with E-state index >= 15 is 0 Å². The van der Waals surface area contributed by atoms with E-state index in [1.54, 1.807) is 33.9 Å². The molecule has 0 aliphatic rings. The topological polar surface area (TPSA) is 53.5 Å². The van der Waals surface area contributed by atoms with E-state index in [2.05, 4.69) is 10.2 Å². The molecule has 0 saturated carbocycles. The molecule has 3 aromatic heterocycles. The van der Waals surface area contributed by atoms with Gasteiger partial charge in [-0.25, -0.2) is 0 Å². The smallest absolute Gasteiger partial charge is 0.115 e. The summed E-state index contributed by atoms with van der Waals surface area (Å²) in [7, 11) is 3.71. The van der Waals surface area contributed by atoms with Gasteiger partial charge >= 0.3 is 0 Å². The first-order valence-electron chi connectivity index (χ1n) is 8.10. The minimum absolute atomic E-state index is 0.445. The van der Waals surface area contributed by atoms with Crippen molar-refractivity contribution in [2.45, 2.75) is 6.54 Å². The molecular weight excluding hydrogens is 407 g/mol. The third-order valence-corrected chi connectivity index (χ3v) is 5.13. The number of aryl methyl sites for hydroxylation is 2. The molecule has 0 unspecified atom stereocenters. The number of halogens is 3. The predicted molar refractivity (Wildman–Crippen MR) is 107 cm³/mol. The van der Waals surface area contributed by atoms with Crippen molar-refractivity contribution < 1.29 is 0 Å². The van der Waals surface area contributed by atoms with Crippen LogP contribution in [0.1, 0.15) is 5.56 Å². The highest BCUT2D eigenvalue weighted by molar-refractivity contribution is 6.36. The number of hydrogen-bond acceptors (Lipinski definition) is 3. The highest BCUT2D eigenvalue weighted by atomic mass is 35.5. The van der Waals surface area contributed by atoms with Crippen molar-refractivity contribution in [1.82, 2.24) is 29.3 Å². The third-order valence-electron chi connectivity index (χ3n) is 4.19. The highest BCUT2D eigenvalue weighted by Crippen LogP contribution is 2.37. The monoisotopic (exact) mass is 420 g/mol.